The lowest BCUT2D eigenvalue weighted by molar-refractivity contribution is 1.19. The summed E-state index contributed by atoms with van der Waals surface area (Å²) in [6, 6.07) is 71.3. The van der Waals surface area contributed by atoms with Gasteiger partial charge < -0.3 is 9.47 Å². The van der Waals surface area contributed by atoms with E-state index in [-0.39, 0.29) is 0 Å². The molecule has 256 valence electrons. The Balaban J connectivity index is 1.04. The smallest absolute Gasteiger partial charge is 0.0620 e. The first-order valence-electron chi connectivity index (χ1n) is 18.8. The molecule has 2 aromatic heterocycles. The molecule has 12 aromatic rings. The van der Waals surface area contributed by atoms with Crippen LogP contribution in [0.3, 0.4) is 0 Å². The van der Waals surface area contributed by atoms with Crippen LogP contribution < -0.4 is 4.90 Å². The van der Waals surface area contributed by atoms with Crippen LogP contribution in [-0.4, -0.2) is 4.57 Å². The lowest BCUT2D eigenvalue weighted by Gasteiger charge is -2.25. The molecule has 0 aliphatic rings. The zero-order chi connectivity index (χ0) is 36.0. The van der Waals surface area contributed by atoms with Crippen molar-refractivity contribution in [3.8, 4) is 16.8 Å². The van der Waals surface area contributed by atoms with Gasteiger partial charge in [-0.1, -0.05) is 127 Å². The Bertz CT molecular complexity index is 3380. The van der Waals surface area contributed by atoms with E-state index in [1.807, 2.05) is 11.3 Å². The number of thiophene rings is 1. The highest BCUT2D eigenvalue weighted by atomic mass is 32.1. The quantitative estimate of drug-likeness (QED) is 0.161. The molecule has 0 amide bonds. The van der Waals surface area contributed by atoms with Crippen molar-refractivity contribution in [2.45, 2.75) is 0 Å². The molecule has 12 rings (SSSR count). The maximum atomic E-state index is 2.46. The van der Waals surface area contributed by atoms with Crippen molar-refractivity contribution in [3.05, 3.63) is 194 Å². The van der Waals surface area contributed by atoms with Gasteiger partial charge in [0, 0.05) is 59.1 Å². The molecule has 0 N–H and O–H groups in total. The third kappa shape index (κ3) is 4.54. The van der Waals surface area contributed by atoms with Crippen molar-refractivity contribution in [3.63, 3.8) is 0 Å². The van der Waals surface area contributed by atoms with Crippen molar-refractivity contribution in [1.29, 1.82) is 0 Å². The lowest BCUT2D eigenvalue weighted by atomic mass is 9.88. The molecule has 0 unspecified atom stereocenters. The van der Waals surface area contributed by atoms with Gasteiger partial charge in [0.2, 0.25) is 0 Å². The van der Waals surface area contributed by atoms with E-state index in [1.54, 1.807) is 0 Å². The minimum atomic E-state index is 1.15. The van der Waals surface area contributed by atoms with Gasteiger partial charge in [0.25, 0.3) is 0 Å². The third-order valence-electron chi connectivity index (χ3n) is 11.5. The van der Waals surface area contributed by atoms with Crippen LogP contribution in [0.15, 0.2) is 194 Å². The molecule has 3 heteroatoms. The van der Waals surface area contributed by atoms with Gasteiger partial charge in [-0.15, -0.1) is 11.3 Å². The molecule has 55 heavy (non-hydrogen) atoms. The number of nitrogens with zero attached hydrogens (tertiary/aromatic N) is 2. The molecule has 0 radical (unpaired) electrons. The molecule has 0 aliphatic carbocycles. The van der Waals surface area contributed by atoms with E-state index in [2.05, 4.69) is 204 Å². The van der Waals surface area contributed by atoms with Crippen molar-refractivity contribution in [2.24, 2.45) is 0 Å². The minimum Gasteiger partial charge on any atom is -0.310 e. The molecule has 0 saturated heterocycles. The van der Waals surface area contributed by atoms with Crippen LogP contribution in [0, 0.1) is 0 Å². The molecular weight excluding hydrogens is 685 g/mol. The summed E-state index contributed by atoms with van der Waals surface area (Å²) in [5.74, 6) is 0. The van der Waals surface area contributed by atoms with Crippen LogP contribution in [-0.2, 0) is 0 Å². The average molecular weight is 717 g/mol. The number of hydrogen-bond acceptors (Lipinski definition) is 2. The first-order chi connectivity index (χ1) is 27.3. The number of aromatic nitrogens is 1. The Morgan fingerprint density at radius 3 is 1.76 bits per heavy atom. The summed E-state index contributed by atoms with van der Waals surface area (Å²) >= 11 is 1.88. The van der Waals surface area contributed by atoms with Crippen molar-refractivity contribution >= 4 is 103 Å². The van der Waals surface area contributed by atoms with E-state index >= 15 is 0 Å². The van der Waals surface area contributed by atoms with Crippen LogP contribution in [0.4, 0.5) is 17.1 Å². The molecule has 2 heterocycles. The van der Waals surface area contributed by atoms with Crippen molar-refractivity contribution in [1.82, 2.24) is 4.57 Å². The molecule has 10 aromatic carbocycles. The van der Waals surface area contributed by atoms with Crippen LogP contribution >= 0.6 is 11.3 Å². The zero-order valence-electron chi connectivity index (χ0n) is 29.8. The molecule has 0 saturated carbocycles. The summed E-state index contributed by atoms with van der Waals surface area (Å²) < 4.78 is 5.04. The first kappa shape index (κ1) is 30.5. The molecule has 0 atom stereocenters. The number of anilines is 3. The van der Waals surface area contributed by atoms with E-state index in [1.165, 1.54) is 91.1 Å². The van der Waals surface area contributed by atoms with E-state index < -0.39 is 0 Å². The van der Waals surface area contributed by atoms with Gasteiger partial charge in [0.05, 0.1) is 11.0 Å². The summed E-state index contributed by atoms with van der Waals surface area (Å²) in [5, 5.41) is 13.0. The third-order valence-corrected chi connectivity index (χ3v) is 12.6. The monoisotopic (exact) mass is 716 g/mol. The highest BCUT2D eigenvalue weighted by Gasteiger charge is 2.20. The topological polar surface area (TPSA) is 8.17 Å². The van der Waals surface area contributed by atoms with E-state index in [9.17, 15) is 0 Å². The second kappa shape index (κ2) is 11.8. The zero-order valence-corrected chi connectivity index (χ0v) is 30.6. The van der Waals surface area contributed by atoms with Crippen LogP contribution in [0.25, 0.3) is 91.1 Å². The largest absolute Gasteiger partial charge is 0.310 e. The molecule has 0 spiro atoms. The van der Waals surface area contributed by atoms with Gasteiger partial charge in [0.15, 0.2) is 0 Å². The van der Waals surface area contributed by atoms with Crippen molar-refractivity contribution < 1.29 is 0 Å². The molecule has 0 fully saturated rings. The van der Waals surface area contributed by atoms with Crippen molar-refractivity contribution in [2.75, 3.05) is 4.90 Å². The summed E-state index contributed by atoms with van der Waals surface area (Å²) in [6.07, 6.45) is 0. The molecular formula is C52H32N2S. The second-order valence-electron chi connectivity index (χ2n) is 14.5. The Labute approximate surface area is 321 Å². The Hall–Kier alpha value is -6.94. The summed E-state index contributed by atoms with van der Waals surface area (Å²) in [6.45, 7) is 0. The average Bonchev–Trinajstić information content (AvgIpc) is 3.78. The molecule has 0 aliphatic heterocycles. The fourth-order valence-electron chi connectivity index (χ4n) is 9.10. The predicted molar refractivity (Wildman–Crippen MR) is 237 cm³/mol. The van der Waals surface area contributed by atoms with Crippen LogP contribution in [0.5, 0.6) is 0 Å². The SMILES string of the molecule is c1ccc(N(c2ccccc2)c2ccc3c(c2)sc2cc(-c4ccc5ccc6cc7c8ccccc8n(-c8ccccc8)c7c7ccc4c5c67)ccc23)cc1. The van der Waals surface area contributed by atoms with Crippen LogP contribution in [0.2, 0.25) is 0 Å². The Kier molecular flexibility index (Phi) is 6.54. The maximum Gasteiger partial charge on any atom is 0.0620 e. The highest BCUT2D eigenvalue weighted by molar-refractivity contribution is 7.25. The normalized spacial score (nSPS) is 12.0. The van der Waals surface area contributed by atoms with Gasteiger partial charge in [-0.05, 0) is 105 Å². The van der Waals surface area contributed by atoms with Gasteiger partial charge in [-0.2, -0.15) is 0 Å². The van der Waals surface area contributed by atoms with Gasteiger partial charge in [0.1, 0.15) is 0 Å². The number of rotatable bonds is 5. The second-order valence-corrected chi connectivity index (χ2v) is 15.6. The van der Waals surface area contributed by atoms with E-state index in [0.29, 0.717) is 0 Å². The summed E-state index contributed by atoms with van der Waals surface area (Å²) in [4.78, 5) is 2.34. The fourth-order valence-corrected chi connectivity index (χ4v) is 10.3. The predicted octanol–water partition coefficient (Wildman–Crippen LogP) is 15.2. The Morgan fingerprint density at radius 2 is 0.982 bits per heavy atom. The van der Waals surface area contributed by atoms with Gasteiger partial charge in [-0.3, -0.25) is 0 Å². The molecule has 0 bridgehead atoms. The van der Waals surface area contributed by atoms with E-state index in [0.717, 1.165) is 17.1 Å². The number of para-hydroxylation sites is 4. The lowest BCUT2D eigenvalue weighted by Crippen LogP contribution is -2.09. The number of benzene rings is 10. The first-order valence-corrected chi connectivity index (χ1v) is 19.7. The molecule has 2 nitrogen and oxygen atoms in total. The minimum absolute atomic E-state index is 1.15. The maximum absolute atomic E-state index is 2.46. The number of fused-ring (bicyclic) bond motifs is 7. The summed E-state index contributed by atoms with van der Waals surface area (Å²) in [7, 11) is 0. The van der Waals surface area contributed by atoms with Gasteiger partial charge >= 0.3 is 0 Å². The standard InChI is InChI=1S/C52H32N2S/c1-4-12-36(13-5-1)53(37-14-6-2-7-15-37)39-24-27-43-42-26-23-34(31-48(42)55-49(43)32-39)40-25-22-33-20-21-35-30-46-41-18-10-11-19-47(41)54(38-16-8-3-9-17-38)52(46)45-29-28-44(40)50(33)51(35)45/h1-32H. The number of hydrogen-bond donors (Lipinski definition) is 0. The fraction of sp³-hybridized carbons (Fsp3) is 0. The highest BCUT2D eigenvalue weighted by Crippen LogP contribution is 2.46. The summed E-state index contributed by atoms with van der Waals surface area (Å²) in [5.41, 5.74) is 9.64. The van der Waals surface area contributed by atoms with Gasteiger partial charge in [-0.25, -0.2) is 0 Å². The Morgan fingerprint density at radius 1 is 0.382 bits per heavy atom. The van der Waals surface area contributed by atoms with Crippen LogP contribution in [0.1, 0.15) is 0 Å². The van der Waals surface area contributed by atoms with E-state index in [4.69, 9.17) is 0 Å².